The van der Waals surface area contributed by atoms with Crippen molar-refractivity contribution in [2.45, 2.75) is 11.7 Å². The van der Waals surface area contributed by atoms with Gasteiger partial charge in [-0.2, -0.15) is 0 Å². The van der Waals surface area contributed by atoms with Crippen LogP contribution in [0, 0.1) is 0 Å². The molecule has 0 radical (unpaired) electrons. The number of halogens is 2. The molecule has 1 unspecified atom stereocenters. The number of rotatable bonds is 3. The summed E-state index contributed by atoms with van der Waals surface area (Å²) in [5.41, 5.74) is 1.04. The molecule has 1 heterocycles. The van der Waals surface area contributed by atoms with Crippen LogP contribution in [0.3, 0.4) is 0 Å². The Labute approximate surface area is 172 Å². The van der Waals surface area contributed by atoms with E-state index >= 15 is 0 Å². The van der Waals surface area contributed by atoms with Gasteiger partial charge in [0.05, 0.1) is 23.7 Å². The number of hydrogen-bond donors (Lipinski definition) is 0. The predicted molar refractivity (Wildman–Crippen MR) is 109 cm³/mol. The Hall–Kier alpha value is -1.57. The molecule has 3 rings (SSSR count). The summed E-state index contributed by atoms with van der Waals surface area (Å²) in [4.78, 5) is 14.6. The average Bonchev–Trinajstić information content (AvgIpc) is 2.80. The lowest BCUT2D eigenvalue weighted by atomic mass is 10.1. The molecule has 2 aromatic carbocycles. The zero-order chi connectivity index (χ0) is 19.6. The van der Waals surface area contributed by atoms with E-state index in [1.165, 1.54) is 7.11 Å². The van der Waals surface area contributed by atoms with Crippen molar-refractivity contribution in [2.24, 2.45) is 0 Å². The van der Waals surface area contributed by atoms with Crippen LogP contribution in [0.25, 0.3) is 0 Å². The van der Waals surface area contributed by atoms with Crippen LogP contribution in [0.2, 0.25) is 5.02 Å². The highest BCUT2D eigenvalue weighted by atomic mass is 79.9. The maximum absolute atomic E-state index is 13.0. The Balaban J connectivity index is 1.87. The van der Waals surface area contributed by atoms with Gasteiger partial charge in [0, 0.05) is 22.6 Å². The second kappa shape index (κ2) is 8.20. The van der Waals surface area contributed by atoms with Crippen molar-refractivity contribution in [3.8, 4) is 5.75 Å². The number of sulfone groups is 1. The Bertz CT molecular complexity index is 964. The Morgan fingerprint density at radius 3 is 2.67 bits per heavy atom. The van der Waals surface area contributed by atoms with Crippen molar-refractivity contribution in [3.05, 3.63) is 63.1 Å². The molecule has 1 saturated heterocycles. The van der Waals surface area contributed by atoms with Crippen molar-refractivity contribution in [1.29, 1.82) is 0 Å². The van der Waals surface area contributed by atoms with Gasteiger partial charge < -0.3 is 9.64 Å². The van der Waals surface area contributed by atoms with E-state index in [1.54, 1.807) is 47.4 Å². The molecule has 5 nitrogen and oxygen atoms in total. The first kappa shape index (κ1) is 20.2. The highest BCUT2D eigenvalue weighted by Crippen LogP contribution is 2.34. The minimum atomic E-state index is -3.42. The molecule has 1 atom stereocenters. The first-order chi connectivity index (χ1) is 12.8. The fourth-order valence-electron chi connectivity index (χ4n) is 3.20. The van der Waals surface area contributed by atoms with Crippen LogP contribution in [0.4, 0.5) is 0 Å². The third-order valence-corrected chi connectivity index (χ3v) is 7.83. The number of ether oxygens (including phenoxy) is 1. The van der Waals surface area contributed by atoms with E-state index in [9.17, 15) is 13.2 Å². The van der Waals surface area contributed by atoms with Crippen LogP contribution in [0.15, 0.2) is 46.9 Å². The van der Waals surface area contributed by atoms with Gasteiger partial charge in [0.15, 0.2) is 9.84 Å². The number of methoxy groups -OCH3 is 1. The van der Waals surface area contributed by atoms with E-state index < -0.39 is 15.1 Å². The summed E-state index contributed by atoms with van der Waals surface area (Å²) in [7, 11) is -1.89. The van der Waals surface area contributed by atoms with Gasteiger partial charge in [0.1, 0.15) is 5.75 Å². The molecular weight excluding hydrogens is 454 g/mol. The van der Waals surface area contributed by atoms with E-state index in [-0.39, 0.29) is 18.2 Å². The van der Waals surface area contributed by atoms with Crippen LogP contribution in [0.1, 0.15) is 27.6 Å². The highest BCUT2D eigenvalue weighted by Gasteiger charge is 2.34. The summed E-state index contributed by atoms with van der Waals surface area (Å²) in [5.74, 6) is 0.240. The number of carbonyl (C=O) groups excluding carboxylic acids is 1. The van der Waals surface area contributed by atoms with Gasteiger partial charge in [-0.25, -0.2) is 8.42 Å². The Kier molecular flexibility index (Phi) is 6.13. The molecule has 0 aromatic heterocycles. The van der Waals surface area contributed by atoms with E-state index in [1.807, 2.05) is 0 Å². The molecule has 27 heavy (non-hydrogen) atoms. The first-order valence-corrected chi connectivity index (χ1v) is 11.3. The normalized spacial score (nSPS) is 19.4. The number of amides is 1. The third-order valence-electron chi connectivity index (χ3n) is 4.68. The molecule has 8 heteroatoms. The van der Waals surface area contributed by atoms with Crippen LogP contribution in [-0.4, -0.2) is 45.2 Å². The molecule has 1 aliphatic heterocycles. The standard InChI is InChI=1S/C19H19BrClNO4S/c1-26-13-6-7-16(20)15(12-13)19(23)22-9-8-18(27(24,25)11-10-22)14-4-2-3-5-17(14)21/h2-7,12,18H,8-11H2,1H3. The maximum atomic E-state index is 13.0. The largest absolute Gasteiger partial charge is 0.497 e. The first-order valence-electron chi connectivity index (χ1n) is 8.42. The van der Waals surface area contributed by atoms with Gasteiger partial charge in [-0.05, 0) is 52.2 Å². The Morgan fingerprint density at radius 1 is 1.22 bits per heavy atom. The molecule has 0 saturated carbocycles. The van der Waals surface area contributed by atoms with Crippen molar-refractivity contribution in [1.82, 2.24) is 4.90 Å². The van der Waals surface area contributed by atoms with Crippen molar-refractivity contribution in [2.75, 3.05) is 26.0 Å². The van der Waals surface area contributed by atoms with Crippen molar-refractivity contribution >= 4 is 43.3 Å². The minimum absolute atomic E-state index is 0.101. The smallest absolute Gasteiger partial charge is 0.255 e. The molecule has 2 aromatic rings. The van der Waals surface area contributed by atoms with Gasteiger partial charge in [0.25, 0.3) is 5.91 Å². The Morgan fingerprint density at radius 2 is 1.96 bits per heavy atom. The van der Waals surface area contributed by atoms with Gasteiger partial charge in [-0.15, -0.1) is 0 Å². The second-order valence-corrected chi connectivity index (χ2v) is 9.87. The van der Waals surface area contributed by atoms with E-state index in [4.69, 9.17) is 16.3 Å². The molecule has 1 amide bonds. The zero-order valence-corrected chi connectivity index (χ0v) is 17.9. The molecule has 144 valence electrons. The van der Waals surface area contributed by atoms with Crippen LogP contribution < -0.4 is 4.74 Å². The summed E-state index contributed by atoms with van der Waals surface area (Å²) in [6.07, 6.45) is 0.305. The molecule has 0 aliphatic carbocycles. The summed E-state index contributed by atoms with van der Waals surface area (Å²) >= 11 is 9.61. The fourth-order valence-corrected chi connectivity index (χ4v) is 5.76. The molecule has 1 fully saturated rings. The molecule has 0 bridgehead atoms. The monoisotopic (exact) mass is 471 g/mol. The topological polar surface area (TPSA) is 63.7 Å². The maximum Gasteiger partial charge on any atom is 0.255 e. The molecule has 0 spiro atoms. The fraction of sp³-hybridized carbons (Fsp3) is 0.316. The second-order valence-electron chi connectivity index (χ2n) is 6.30. The van der Waals surface area contributed by atoms with Gasteiger partial charge in [0.2, 0.25) is 0 Å². The number of nitrogens with zero attached hydrogens (tertiary/aromatic N) is 1. The summed E-state index contributed by atoms with van der Waals surface area (Å²) in [6, 6.07) is 12.1. The van der Waals surface area contributed by atoms with Crippen LogP contribution >= 0.6 is 27.5 Å². The minimum Gasteiger partial charge on any atom is -0.497 e. The van der Waals surface area contributed by atoms with Gasteiger partial charge in [-0.1, -0.05) is 29.8 Å². The van der Waals surface area contributed by atoms with Crippen LogP contribution in [0.5, 0.6) is 5.75 Å². The van der Waals surface area contributed by atoms with E-state index in [0.717, 1.165) is 0 Å². The number of hydrogen-bond acceptors (Lipinski definition) is 4. The highest BCUT2D eigenvalue weighted by molar-refractivity contribution is 9.10. The van der Waals surface area contributed by atoms with Crippen LogP contribution in [-0.2, 0) is 9.84 Å². The molecule has 1 aliphatic rings. The SMILES string of the molecule is COc1ccc(Br)c(C(=O)N2CCC(c3ccccc3Cl)S(=O)(=O)CC2)c1. The lowest BCUT2D eigenvalue weighted by Gasteiger charge is -2.21. The summed E-state index contributed by atoms with van der Waals surface area (Å²) in [6.45, 7) is 0.476. The zero-order valence-electron chi connectivity index (χ0n) is 14.7. The number of benzene rings is 2. The molecular formula is C19H19BrClNO4S. The van der Waals surface area contributed by atoms with E-state index in [2.05, 4.69) is 15.9 Å². The van der Waals surface area contributed by atoms with Crippen molar-refractivity contribution in [3.63, 3.8) is 0 Å². The lowest BCUT2D eigenvalue weighted by Crippen LogP contribution is -2.33. The van der Waals surface area contributed by atoms with Crippen molar-refractivity contribution < 1.29 is 17.9 Å². The predicted octanol–water partition coefficient (Wildman–Crippen LogP) is 4.11. The van der Waals surface area contributed by atoms with E-state index in [0.29, 0.717) is 39.3 Å². The quantitative estimate of drug-likeness (QED) is 0.674. The average molecular weight is 473 g/mol. The van der Waals surface area contributed by atoms with Gasteiger partial charge in [-0.3, -0.25) is 4.79 Å². The lowest BCUT2D eigenvalue weighted by molar-refractivity contribution is 0.0765. The summed E-state index contributed by atoms with van der Waals surface area (Å²) < 4.78 is 31.4. The third kappa shape index (κ3) is 4.31. The molecule has 0 N–H and O–H groups in total. The summed E-state index contributed by atoms with van der Waals surface area (Å²) in [5, 5.41) is -0.279. The van der Waals surface area contributed by atoms with Gasteiger partial charge >= 0.3 is 0 Å². The number of carbonyl (C=O) groups is 1.